The number of aromatic nitrogens is 3. The Morgan fingerprint density at radius 2 is 1.92 bits per heavy atom. The summed E-state index contributed by atoms with van der Waals surface area (Å²) in [5, 5.41) is 15.2. The molecule has 3 N–H and O–H groups in total. The van der Waals surface area contributed by atoms with Crippen LogP contribution >= 0.6 is 0 Å². The number of hydrogen-bond acceptors (Lipinski definition) is 5. The first-order valence-corrected chi connectivity index (χ1v) is 7.94. The van der Waals surface area contributed by atoms with Crippen LogP contribution in [0, 0.1) is 13.8 Å². The molecule has 0 fully saturated rings. The van der Waals surface area contributed by atoms with Gasteiger partial charge in [0.15, 0.2) is 11.5 Å². The molecule has 6 nitrogen and oxygen atoms in total. The molecule has 6 heteroatoms. The number of nitrogens with one attached hydrogen (secondary N) is 2. The summed E-state index contributed by atoms with van der Waals surface area (Å²) in [6.45, 7) is 4.17. The van der Waals surface area contributed by atoms with Gasteiger partial charge in [-0.2, -0.15) is 0 Å². The van der Waals surface area contributed by atoms with Crippen LogP contribution < -0.4 is 10.1 Å². The number of aryl methyl sites for hydroxylation is 2. The molecule has 0 amide bonds. The fraction of sp³-hybridized carbons (Fsp3) is 0.158. The lowest BCUT2D eigenvalue weighted by atomic mass is 10.1. The number of rotatable bonds is 3. The topological polar surface area (TPSA) is 83.1 Å². The molecule has 0 saturated heterocycles. The summed E-state index contributed by atoms with van der Waals surface area (Å²) in [5.41, 5.74) is 5.09. The SMILES string of the molecule is COc1cc2c(Nc3ccc4[nH]c(C)c(C)c4c3)ncnc2cc1O. The van der Waals surface area contributed by atoms with Crippen molar-refractivity contribution >= 4 is 33.3 Å². The zero-order valence-electron chi connectivity index (χ0n) is 14.2. The third-order valence-corrected chi connectivity index (χ3v) is 4.51. The van der Waals surface area contributed by atoms with Crippen molar-refractivity contribution in [3.8, 4) is 11.5 Å². The predicted octanol–water partition coefficient (Wildman–Crippen LogP) is 4.19. The molecule has 0 aliphatic rings. The Hall–Kier alpha value is -3.28. The van der Waals surface area contributed by atoms with Crippen LogP contribution in [-0.2, 0) is 0 Å². The molecule has 0 radical (unpaired) electrons. The van der Waals surface area contributed by atoms with Crippen molar-refractivity contribution < 1.29 is 9.84 Å². The second-order valence-corrected chi connectivity index (χ2v) is 6.02. The summed E-state index contributed by atoms with van der Waals surface area (Å²) in [7, 11) is 1.52. The molecule has 4 rings (SSSR count). The smallest absolute Gasteiger partial charge is 0.161 e. The maximum Gasteiger partial charge on any atom is 0.161 e. The van der Waals surface area contributed by atoms with E-state index in [2.05, 4.69) is 40.2 Å². The number of phenols is 1. The van der Waals surface area contributed by atoms with Crippen LogP contribution in [0.4, 0.5) is 11.5 Å². The average molecular weight is 334 g/mol. The number of H-pyrrole nitrogens is 1. The van der Waals surface area contributed by atoms with Crippen molar-refractivity contribution in [3.05, 3.63) is 47.9 Å². The van der Waals surface area contributed by atoms with E-state index >= 15 is 0 Å². The molecule has 2 aromatic carbocycles. The standard InChI is InChI=1S/C19H18N4O2/c1-10-11(2)22-15-5-4-12(6-13(10)15)23-19-14-7-18(25-3)17(24)8-16(14)20-9-21-19/h4-9,22,24H,1-3H3,(H,20,21,23). The molecule has 25 heavy (non-hydrogen) atoms. The van der Waals surface area contributed by atoms with Crippen LogP contribution in [-0.4, -0.2) is 27.2 Å². The summed E-state index contributed by atoms with van der Waals surface area (Å²) in [5.74, 6) is 1.10. The van der Waals surface area contributed by atoms with Gasteiger partial charge in [0.25, 0.3) is 0 Å². The van der Waals surface area contributed by atoms with Crippen molar-refractivity contribution in [3.63, 3.8) is 0 Å². The number of hydrogen-bond donors (Lipinski definition) is 3. The lowest BCUT2D eigenvalue weighted by molar-refractivity contribution is 0.374. The highest BCUT2D eigenvalue weighted by Crippen LogP contribution is 2.34. The number of aromatic amines is 1. The fourth-order valence-electron chi connectivity index (χ4n) is 3.01. The molecule has 2 heterocycles. The average Bonchev–Trinajstić information content (AvgIpc) is 2.89. The van der Waals surface area contributed by atoms with Gasteiger partial charge in [-0.05, 0) is 43.7 Å². The van der Waals surface area contributed by atoms with Crippen LogP contribution in [0.5, 0.6) is 11.5 Å². The first-order chi connectivity index (χ1) is 12.1. The van der Waals surface area contributed by atoms with Gasteiger partial charge < -0.3 is 20.1 Å². The molecule has 2 aromatic heterocycles. The normalized spacial score (nSPS) is 11.2. The number of fused-ring (bicyclic) bond motifs is 2. The van der Waals surface area contributed by atoms with Gasteiger partial charge in [-0.3, -0.25) is 0 Å². The van der Waals surface area contributed by atoms with Gasteiger partial charge >= 0.3 is 0 Å². The Labute approximate surface area is 144 Å². The molecule has 0 aliphatic heterocycles. The third-order valence-electron chi connectivity index (χ3n) is 4.51. The maximum atomic E-state index is 9.93. The van der Waals surface area contributed by atoms with Gasteiger partial charge in [0, 0.05) is 33.7 Å². The van der Waals surface area contributed by atoms with Crippen LogP contribution in [0.2, 0.25) is 0 Å². The van der Waals surface area contributed by atoms with E-state index in [-0.39, 0.29) is 5.75 Å². The molecule has 4 aromatic rings. The van der Waals surface area contributed by atoms with Crippen molar-refractivity contribution in [2.24, 2.45) is 0 Å². The van der Waals surface area contributed by atoms with Crippen molar-refractivity contribution in [2.75, 3.05) is 12.4 Å². The highest BCUT2D eigenvalue weighted by Gasteiger charge is 2.11. The summed E-state index contributed by atoms with van der Waals surface area (Å²) < 4.78 is 5.20. The van der Waals surface area contributed by atoms with Gasteiger partial charge in [0.1, 0.15) is 12.1 Å². The molecular formula is C19H18N4O2. The van der Waals surface area contributed by atoms with Crippen molar-refractivity contribution in [1.82, 2.24) is 15.0 Å². The third kappa shape index (κ3) is 2.52. The van der Waals surface area contributed by atoms with Gasteiger partial charge in [-0.25, -0.2) is 9.97 Å². The minimum atomic E-state index is 0.0551. The molecule has 0 saturated carbocycles. The Morgan fingerprint density at radius 3 is 2.72 bits per heavy atom. The molecule has 0 atom stereocenters. The minimum absolute atomic E-state index is 0.0551. The lowest BCUT2D eigenvalue weighted by Gasteiger charge is -2.10. The predicted molar refractivity (Wildman–Crippen MR) is 98.8 cm³/mol. The van der Waals surface area contributed by atoms with Crippen LogP contribution in [0.3, 0.4) is 0 Å². The van der Waals surface area contributed by atoms with E-state index in [0.717, 1.165) is 16.6 Å². The number of methoxy groups -OCH3 is 1. The monoisotopic (exact) mass is 334 g/mol. The summed E-state index contributed by atoms with van der Waals surface area (Å²) in [4.78, 5) is 11.9. The Morgan fingerprint density at radius 1 is 1.08 bits per heavy atom. The molecule has 0 spiro atoms. The summed E-state index contributed by atoms with van der Waals surface area (Å²) in [6.07, 6.45) is 1.47. The van der Waals surface area contributed by atoms with Crippen LogP contribution in [0.1, 0.15) is 11.3 Å². The quantitative estimate of drug-likeness (QED) is 0.523. The summed E-state index contributed by atoms with van der Waals surface area (Å²) in [6, 6.07) is 9.46. The number of anilines is 2. The van der Waals surface area contributed by atoms with Gasteiger partial charge in [-0.1, -0.05) is 0 Å². The first kappa shape index (κ1) is 15.3. The van der Waals surface area contributed by atoms with Crippen LogP contribution in [0.25, 0.3) is 21.8 Å². The van der Waals surface area contributed by atoms with E-state index in [1.807, 2.05) is 12.1 Å². The molecule has 126 valence electrons. The zero-order valence-corrected chi connectivity index (χ0v) is 14.2. The minimum Gasteiger partial charge on any atom is -0.504 e. The largest absolute Gasteiger partial charge is 0.504 e. The second kappa shape index (κ2) is 5.66. The first-order valence-electron chi connectivity index (χ1n) is 7.94. The van der Waals surface area contributed by atoms with Gasteiger partial charge in [-0.15, -0.1) is 0 Å². The van der Waals surface area contributed by atoms with E-state index < -0.39 is 0 Å². The number of phenolic OH excluding ortho intramolecular Hbond substituents is 1. The van der Waals surface area contributed by atoms with Crippen molar-refractivity contribution in [1.29, 1.82) is 0 Å². The molecule has 0 unspecified atom stereocenters. The molecule has 0 aliphatic carbocycles. The number of benzene rings is 2. The van der Waals surface area contributed by atoms with E-state index in [1.54, 1.807) is 12.1 Å². The summed E-state index contributed by atoms with van der Waals surface area (Å²) >= 11 is 0. The number of aromatic hydroxyl groups is 1. The van der Waals surface area contributed by atoms with E-state index in [1.165, 1.54) is 30.1 Å². The van der Waals surface area contributed by atoms with Crippen LogP contribution in [0.15, 0.2) is 36.7 Å². The zero-order chi connectivity index (χ0) is 17.6. The highest BCUT2D eigenvalue weighted by molar-refractivity contribution is 5.94. The Balaban J connectivity index is 1.81. The fourth-order valence-corrected chi connectivity index (χ4v) is 3.01. The number of ether oxygens (including phenoxy) is 1. The maximum absolute atomic E-state index is 9.93. The molecular weight excluding hydrogens is 316 g/mol. The Bertz CT molecular complexity index is 1100. The van der Waals surface area contributed by atoms with E-state index in [4.69, 9.17) is 4.74 Å². The lowest BCUT2D eigenvalue weighted by Crippen LogP contribution is -1.96. The highest BCUT2D eigenvalue weighted by atomic mass is 16.5. The number of nitrogens with zero attached hydrogens (tertiary/aromatic N) is 2. The molecule has 0 bridgehead atoms. The van der Waals surface area contributed by atoms with Gasteiger partial charge in [0.05, 0.1) is 12.6 Å². The van der Waals surface area contributed by atoms with Crippen molar-refractivity contribution in [2.45, 2.75) is 13.8 Å². The second-order valence-electron chi connectivity index (χ2n) is 6.02. The Kier molecular flexibility index (Phi) is 3.46. The van der Waals surface area contributed by atoms with E-state index in [9.17, 15) is 5.11 Å². The van der Waals surface area contributed by atoms with Gasteiger partial charge in [0.2, 0.25) is 0 Å². The van der Waals surface area contributed by atoms with E-state index in [0.29, 0.717) is 17.1 Å².